The van der Waals surface area contributed by atoms with Gasteiger partial charge in [-0.15, -0.1) is 0 Å². The lowest BCUT2D eigenvalue weighted by molar-refractivity contribution is 0.332. The standard InChI is InChI=1S/C14H30/c1-12(2)9-10-13(3)8-7-11-14(4,5)6/h12-13H,7-11H2,1-6H3. The quantitative estimate of drug-likeness (QED) is 0.545. The maximum atomic E-state index is 2.41. The molecule has 0 aromatic rings. The van der Waals surface area contributed by atoms with Crippen LogP contribution in [0, 0.1) is 17.3 Å². The van der Waals surface area contributed by atoms with Crippen molar-refractivity contribution in [3.05, 3.63) is 0 Å². The third kappa shape index (κ3) is 10.1. The smallest absolute Gasteiger partial charge is 0.0383 e. The fourth-order valence-corrected chi connectivity index (χ4v) is 1.74. The van der Waals surface area contributed by atoms with Crippen LogP contribution in [-0.2, 0) is 0 Å². The van der Waals surface area contributed by atoms with Crippen molar-refractivity contribution in [3.8, 4) is 0 Å². The van der Waals surface area contributed by atoms with E-state index in [9.17, 15) is 0 Å². The Bertz CT molecular complexity index is 127. The number of rotatable bonds is 6. The van der Waals surface area contributed by atoms with E-state index in [4.69, 9.17) is 0 Å². The van der Waals surface area contributed by atoms with Gasteiger partial charge in [0.2, 0.25) is 0 Å². The summed E-state index contributed by atoms with van der Waals surface area (Å²) < 4.78 is 0. The van der Waals surface area contributed by atoms with E-state index in [2.05, 4.69) is 41.5 Å². The molecule has 0 radical (unpaired) electrons. The zero-order valence-corrected chi connectivity index (χ0v) is 11.2. The van der Waals surface area contributed by atoms with Gasteiger partial charge >= 0.3 is 0 Å². The Balaban J connectivity index is 3.40. The Morgan fingerprint density at radius 2 is 1.43 bits per heavy atom. The zero-order chi connectivity index (χ0) is 11.2. The molecule has 0 aromatic carbocycles. The lowest BCUT2D eigenvalue weighted by Crippen LogP contribution is -2.06. The van der Waals surface area contributed by atoms with E-state index >= 15 is 0 Å². The fourth-order valence-electron chi connectivity index (χ4n) is 1.74. The van der Waals surface area contributed by atoms with Crippen LogP contribution in [0.1, 0.15) is 73.6 Å². The minimum Gasteiger partial charge on any atom is -0.0628 e. The van der Waals surface area contributed by atoms with Crippen molar-refractivity contribution in [3.63, 3.8) is 0 Å². The van der Waals surface area contributed by atoms with Gasteiger partial charge in [0.15, 0.2) is 0 Å². The van der Waals surface area contributed by atoms with E-state index in [-0.39, 0.29) is 0 Å². The van der Waals surface area contributed by atoms with Crippen molar-refractivity contribution in [1.82, 2.24) is 0 Å². The Morgan fingerprint density at radius 3 is 1.86 bits per heavy atom. The van der Waals surface area contributed by atoms with Crippen LogP contribution >= 0.6 is 0 Å². The van der Waals surface area contributed by atoms with Crippen molar-refractivity contribution in [2.24, 2.45) is 17.3 Å². The lowest BCUT2D eigenvalue weighted by Gasteiger charge is -2.19. The van der Waals surface area contributed by atoms with Crippen molar-refractivity contribution >= 4 is 0 Å². The van der Waals surface area contributed by atoms with Crippen LogP contribution in [0.25, 0.3) is 0 Å². The maximum Gasteiger partial charge on any atom is -0.0383 e. The molecule has 0 heterocycles. The highest BCUT2D eigenvalue weighted by Crippen LogP contribution is 2.24. The molecular formula is C14H30. The third-order valence-corrected chi connectivity index (χ3v) is 2.86. The highest BCUT2D eigenvalue weighted by atomic mass is 14.2. The first-order valence-electron chi connectivity index (χ1n) is 6.31. The number of hydrogen-bond acceptors (Lipinski definition) is 0. The van der Waals surface area contributed by atoms with Crippen molar-refractivity contribution in [2.75, 3.05) is 0 Å². The van der Waals surface area contributed by atoms with Gasteiger partial charge in [-0.05, 0) is 23.7 Å². The second-order valence-electron chi connectivity index (χ2n) is 6.53. The molecule has 0 bridgehead atoms. The maximum absolute atomic E-state index is 2.41. The van der Waals surface area contributed by atoms with E-state index in [0.29, 0.717) is 5.41 Å². The average Bonchev–Trinajstić information content (AvgIpc) is 1.98. The zero-order valence-electron chi connectivity index (χ0n) is 11.2. The predicted molar refractivity (Wildman–Crippen MR) is 66.5 cm³/mol. The fraction of sp³-hybridized carbons (Fsp3) is 1.00. The van der Waals surface area contributed by atoms with E-state index in [1.54, 1.807) is 0 Å². The molecule has 0 rings (SSSR count). The monoisotopic (exact) mass is 198 g/mol. The summed E-state index contributed by atoms with van der Waals surface area (Å²) in [6.45, 7) is 14.1. The van der Waals surface area contributed by atoms with Gasteiger partial charge in [-0.3, -0.25) is 0 Å². The second-order valence-corrected chi connectivity index (χ2v) is 6.53. The van der Waals surface area contributed by atoms with Gasteiger partial charge in [0.1, 0.15) is 0 Å². The molecule has 0 heteroatoms. The SMILES string of the molecule is CC(C)CCC(C)CCCC(C)(C)C. The molecule has 0 N–H and O–H groups in total. The Hall–Kier alpha value is 0. The van der Waals surface area contributed by atoms with Gasteiger partial charge in [-0.1, -0.05) is 67.2 Å². The molecule has 1 atom stereocenters. The number of hydrogen-bond donors (Lipinski definition) is 0. The molecule has 1 unspecified atom stereocenters. The Kier molecular flexibility index (Phi) is 6.48. The van der Waals surface area contributed by atoms with Crippen LogP contribution in [0.5, 0.6) is 0 Å². The highest BCUT2D eigenvalue weighted by molar-refractivity contribution is 4.63. The molecule has 0 aliphatic rings. The van der Waals surface area contributed by atoms with Crippen LogP contribution in [0.15, 0.2) is 0 Å². The van der Waals surface area contributed by atoms with Gasteiger partial charge < -0.3 is 0 Å². The van der Waals surface area contributed by atoms with Crippen LogP contribution in [0.3, 0.4) is 0 Å². The van der Waals surface area contributed by atoms with Crippen molar-refractivity contribution in [2.45, 2.75) is 73.6 Å². The molecular weight excluding hydrogens is 168 g/mol. The first-order valence-corrected chi connectivity index (χ1v) is 6.31. The van der Waals surface area contributed by atoms with Crippen molar-refractivity contribution < 1.29 is 0 Å². The largest absolute Gasteiger partial charge is 0.0628 e. The summed E-state index contributed by atoms with van der Waals surface area (Å²) in [5, 5.41) is 0. The summed E-state index contributed by atoms with van der Waals surface area (Å²) in [6, 6.07) is 0. The molecule has 0 saturated heterocycles. The second kappa shape index (κ2) is 6.48. The van der Waals surface area contributed by atoms with Gasteiger partial charge in [0.05, 0.1) is 0 Å². The third-order valence-electron chi connectivity index (χ3n) is 2.86. The summed E-state index contributed by atoms with van der Waals surface area (Å²) in [7, 11) is 0. The summed E-state index contributed by atoms with van der Waals surface area (Å²) in [5.41, 5.74) is 0.526. The Morgan fingerprint density at radius 1 is 0.857 bits per heavy atom. The topological polar surface area (TPSA) is 0 Å². The average molecular weight is 198 g/mol. The first-order chi connectivity index (χ1) is 6.31. The minimum absolute atomic E-state index is 0.526. The molecule has 0 nitrogen and oxygen atoms in total. The van der Waals surface area contributed by atoms with Crippen LogP contribution in [0.2, 0.25) is 0 Å². The summed E-state index contributed by atoms with van der Waals surface area (Å²) in [5.74, 6) is 1.81. The van der Waals surface area contributed by atoms with E-state index < -0.39 is 0 Å². The molecule has 14 heavy (non-hydrogen) atoms. The molecule has 86 valence electrons. The van der Waals surface area contributed by atoms with Crippen LogP contribution in [-0.4, -0.2) is 0 Å². The van der Waals surface area contributed by atoms with E-state index in [0.717, 1.165) is 11.8 Å². The molecule has 0 saturated carbocycles. The van der Waals surface area contributed by atoms with Gasteiger partial charge in [-0.2, -0.15) is 0 Å². The normalized spacial score (nSPS) is 14.8. The molecule has 0 aromatic heterocycles. The molecule has 0 fully saturated rings. The summed E-state index contributed by atoms with van der Waals surface area (Å²) in [6.07, 6.45) is 7.02. The van der Waals surface area contributed by atoms with Crippen LogP contribution in [0.4, 0.5) is 0 Å². The van der Waals surface area contributed by atoms with E-state index in [1.165, 1.54) is 32.1 Å². The van der Waals surface area contributed by atoms with Gasteiger partial charge in [0.25, 0.3) is 0 Å². The Labute approximate surface area is 91.5 Å². The van der Waals surface area contributed by atoms with Gasteiger partial charge in [-0.25, -0.2) is 0 Å². The lowest BCUT2D eigenvalue weighted by atomic mass is 9.87. The van der Waals surface area contributed by atoms with Crippen molar-refractivity contribution in [1.29, 1.82) is 0 Å². The molecule has 0 spiro atoms. The van der Waals surface area contributed by atoms with Crippen LogP contribution < -0.4 is 0 Å². The van der Waals surface area contributed by atoms with Gasteiger partial charge in [0, 0.05) is 0 Å². The molecule has 0 aliphatic carbocycles. The summed E-state index contributed by atoms with van der Waals surface area (Å²) >= 11 is 0. The summed E-state index contributed by atoms with van der Waals surface area (Å²) in [4.78, 5) is 0. The highest BCUT2D eigenvalue weighted by Gasteiger charge is 2.11. The molecule has 0 aliphatic heterocycles. The first kappa shape index (κ1) is 14.0. The molecule has 0 amide bonds. The van der Waals surface area contributed by atoms with E-state index in [1.807, 2.05) is 0 Å². The minimum atomic E-state index is 0.526. The predicted octanol–water partition coefficient (Wildman–Crippen LogP) is 5.28.